The van der Waals surface area contributed by atoms with Crippen molar-refractivity contribution >= 4 is 0 Å². The first-order valence-electron chi connectivity index (χ1n) is 9.76. The molecule has 3 heteroatoms. The van der Waals surface area contributed by atoms with Crippen molar-refractivity contribution < 1.29 is 14.4 Å². The molecule has 3 aliphatic heterocycles. The van der Waals surface area contributed by atoms with Crippen LogP contribution in [0.25, 0.3) is 0 Å². The van der Waals surface area contributed by atoms with E-state index in [4.69, 9.17) is 9.47 Å². The largest absolute Gasteiger partial charge is 0.487 e. The number of fused-ring (bicyclic) bond motifs is 3. The Hall–Kier alpha value is -1.50. The number of rotatable bonds is 1. The first-order chi connectivity index (χ1) is 12.0. The summed E-state index contributed by atoms with van der Waals surface area (Å²) in [7, 11) is 0. The Morgan fingerprint density at radius 3 is 2.72 bits per heavy atom. The molecule has 4 rings (SSSR count). The van der Waals surface area contributed by atoms with Crippen LogP contribution in [0.5, 0.6) is 5.75 Å². The van der Waals surface area contributed by atoms with Crippen molar-refractivity contribution in [2.75, 3.05) is 19.6 Å². The fraction of sp³-hybridized carbons (Fsp3) is 0.636. The van der Waals surface area contributed by atoms with Crippen LogP contribution in [0.3, 0.4) is 0 Å². The normalized spacial score (nSPS) is 33.6. The van der Waals surface area contributed by atoms with E-state index in [1.54, 1.807) is 4.90 Å². The molecule has 1 N–H and O–H groups in total. The number of quaternary nitrogens is 1. The number of ether oxygens (including phenoxy) is 2. The summed E-state index contributed by atoms with van der Waals surface area (Å²) in [4.78, 5) is 1.63. The smallest absolute Gasteiger partial charge is 0.139 e. The molecule has 1 aromatic carbocycles. The van der Waals surface area contributed by atoms with Crippen LogP contribution in [-0.4, -0.2) is 30.8 Å². The molecule has 3 heterocycles. The maximum Gasteiger partial charge on any atom is 0.139 e. The van der Waals surface area contributed by atoms with Gasteiger partial charge in [0.25, 0.3) is 0 Å². The van der Waals surface area contributed by atoms with E-state index in [-0.39, 0.29) is 17.3 Å². The third-order valence-corrected chi connectivity index (χ3v) is 6.18. The van der Waals surface area contributed by atoms with E-state index in [0.29, 0.717) is 5.92 Å². The Labute approximate surface area is 151 Å². The second-order valence-corrected chi connectivity index (χ2v) is 8.59. The minimum Gasteiger partial charge on any atom is -0.487 e. The third-order valence-electron chi connectivity index (χ3n) is 6.18. The van der Waals surface area contributed by atoms with E-state index in [1.807, 2.05) is 6.07 Å². The van der Waals surface area contributed by atoms with Crippen LogP contribution >= 0.6 is 0 Å². The lowest BCUT2D eigenvalue weighted by molar-refractivity contribution is -0.879. The topological polar surface area (TPSA) is 22.9 Å². The van der Waals surface area contributed by atoms with Gasteiger partial charge in [-0.2, -0.15) is 0 Å². The van der Waals surface area contributed by atoms with Gasteiger partial charge in [0.1, 0.15) is 23.5 Å². The van der Waals surface area contributed by atoms with E-state index in [0.717, 1.165) is 25.1 Å². The predicted molar refractivity (Wildman–Crippen MR) is 98.7 cm³/mol. The molecule has 2 saturated heterocycles. The van der Waals surface area contributed by atoms with E-state index >= 15 is 0 Å². The van der Waals surface area contributed by atoms with Gasteiger partial charge >= 0.3 is 0 Å². The Balaban J connectivity index is 1.55. The highest BCUT2D eigenvalue weighted by molar-refractivity contribution is 5.39. The molecule has 0 radical (unpaired) electrons. The van der Waals surface area contributed by atoms with Crippen molar-refractivity contribution in [3.05, 3.63) is 29.8 Å². The predicted octanol–water partition coefficient (Wildman–Crippen LogP) is 2.77. The molecule has 3 atom stereocenters. The highest BCUT2D eigenvalue weighted by atomic mass is 16.5. The lowest BCUT2D eigenvalue weighted by Crippen LogP contribution is -3.09. The highest BCUT2D eigenvalue weighted by Gasteiger charge is 2.49. The fourth-order valence-corrected chi connectivity index (χ4v) is 4.66. The molecule has 134 valence electrons. The molecule has 0 bridgehead atoms. The van der Waals surface area contributed by atoms with E-state index in [1.165, 1.54) is 31.5 Å². The van der Waals surface area contributed by atoms with Gasteiger partial charge < -0.3 is 14.4 Å². The molecule has 0 amide bonds. The number of benzene rings is 1. The highest BCUT2D eigenvalue weighted by Crippen LogP contribution is 2.52. The van der Waals surface area contributed by atoms with Crippen molar-refractivity contribution in [2.24, 2.45) is 5.92 Å². The van der Waals surface area contributed by atoms with E-state index in [2.05, 4.69) is 50.8 Å². The van der Waals surface area contributed by atoms with Crippen LogP contribution in [-0.2, 0) is 4.74 Å². The summed E-state index contributed by atoms with van der Waals surface area (Å²) in [6.45, 7) is 10.1. The van der Waals surface area contributed by atoms with Crippen LogP contribution in [0.1, 0.15) is 58.1 Å². The molecule has 0 spiro atoms. The molecule has 1 aromatic rings. The Morgan fingerprint density at radius 2 is 1.92 bits per heavy atom. The fourth-order valence-electron chi connectivity index (χ4n) is 4.66. The lowest BCUT2D eigenvalue weighted by Gasteiger charge is -2.50. The summed E-state index contributed by atoms with van der Waals surface area (Å²) < 4.78 is 12.9. The Morgan fingerprint density at radius 1 is 1.16 bits per heavy atom. The van der Waals surface area contributed by atoms with Crippen molar-refractivity contribution in [3.63, 3.8) is 0 Å². The maximum atomic E-state index is 6.64. The SMILES string of the molecule is CC1(C)Oc2ccccc2[C@@H]2O[C@](C)(C#CC[NH+]3CCCC3)CC[C@H]21. The van der Waals surface area contributed by atoms with Crippen molar-refractivity contribution in [1.29, 1.82) is 0 Å². The number of nitrogens with one attached hydrogen (secondary N) is 1. The van der Waals surface area contributed by atoms with Gasteiger partial charge in [-0.3, -0.25) is 0 Å². The molecular weight excluding hydrogens is 310 g/mol. The van der Waals surface area contributed by atoms with Crippen LogP contribution < -0.4 is 9.64 Å². The van der Waals surface area contributed by atoms with E-state index < -0.39 is 0 Å². The third kappa shape index (κ3) is 3.30. The molecule has 25 heavy (non-hydrogen) atoms. The van der Waals surface area contributed by atoms with Crippen molar-refractivity contribution in [2.45, 2.75) is 63.8 Å². The second kappa shape index (κ2) is 6.34. The van der Waals surface area contributed by atoms with Crippen LogP contribution in [0.4, 0.5) is 0 Å². The minimum absolute atomic E-state index is 0.0760. The standard InChI is InChI=1S/C22H29NO2/c1-21(2)18-11-13-22(3,12-8-16-23-14-6-7-15-23)25-20(18)17-9-4-5-10-19(17)24-21/h4-5,9-10,18,20H,6-7,11,13-16H2,1-3H3/p+1/t18-,20+,22-/m1/s1. The summed E-state index contributed by atoms with van der Waals surface area (Å²) in [6.07, 6.45) is 4.84. The van der Waals surface area contributed by atoms with Crippen LogP contribution in [0.2, 0.25) is 0 Å². The summed E-state index contributed by atoms with van der Waals surface area (Å²) in [6, 6.07) is 8.33. The van der Waals surface area contributed by atoms with Gasteiger partial charge in [-0.25, -0.2) is 0 Å². The van der Waals surface area contributed by atoms with Gasteiger partial charge in [-0.05, 0) is 45.6 Å². The first-order valence-corrected chi connectivity index (χ1v) is 9.76. The Bertz CT molecular complexity index is 695. The van der Waals surface area contributed by atoms with Gasteiger partial charge in [0.05, 0.1) is 19.2 Å². The Kier molecular flexibility index (Phi) is 4.30. The summed E-state index contributed by atoms with van der Waals surface area (Å²) in [5, 5.41) is 0. The molecule has 3 nitrogen and oxygen atoms in total. The zero-order valence-electron chi connectivity index (χ0n) is 15.7. The molecule has 3 aliphatic rings. The lowest BCUT2D eigenvalue weighted by atomic mass is 9.73. The zero-order chi connectivity index (χ0) is 17.5. The molecule has 0 saturated carbocycles. The zero-order valence-corrected chi connectivity index (χ0v) is 15.7. The molecule has 2 fully saturated rings. The average molecular weight is 340 g/mol. The monoisotopic (exact) mass is 340 g/mol. The number of hydrogen-bond acceptors (Lipinski definition) is 2. The molecule has 0 aliphatic carbocycles. The van der Waals surface area contributed by atoms with Gasteiger partial charge in [0, 0.05) is 24.3 Å². The molecular formula is C22H30NO2+. The number of likely N-dealkylation sites (tertiary alicyclic amines) is 1. The van der Waals surface area contributed by atoms with Gasteiger partial charge in [0.2, 0.25) is 0 Å². The summed E-state index contributed by atoms with van der Waals surface area (Å²) in [5.74, 6) is 8.26. The van der Waals surface area contributed by atoms with Crippen molar-refractivity contribution in [3.8, 4) is 17.6 Å². The van der Waals surface area contributed by atoms with Gasteiger partial charge in [-0.1, -0.05) is 24.1 Å². The first kappa shape index (κ1) is 16.9. The second-order valence-electron chi connectivity index (χ2n) is 8.59. The average Bonchev–Trinajstić information content (AvgIpc) is 3.07. The number of hydrogen-bond donors (Lipinski definition) is 1. The van der Waals surface area contributed by atoms with Crippen LogP contribution in [0.15, 0.2) is 24.3 Å². The number of para-hydroxylation sites is 1. The maximum absolute atomic E-state index is 6.64. The van der Waals surface area contributed by atoms with E-state index in [9.17, 15) is 0 Å². The minimum atomic E-state index is -0.346. The molecule has 0 aromatic heterocycles. The van der Waals surface area contributed by atoms with Crippen molar-refractivity contribution in [1.82, 2.24) is 0 Å². The summed E-state index contributed by atoms with van der Waals surface area (Å²) in [5.41, 5.74) is 0.638. The van der Waals surface area contributed by atoms with Gasteiger partial charge in [0.15, 0.2) is 0 Å². The van der Waals surface area contributed by atoms with Crippen LogP contribution in [0, 0.1) is 17.8 Å². The summed E-state index contributed by atoms with van der Waals surface area (Å²) >= 11 is 0. The molecule has 0 unspecified atom stereocenters. The quantitative estimate of drug-likeness (QED) is 0.795. The van der Waals surface area contributed by atoms with Gasteiger partial charge in [-0.15, -0.1) is 0 Å².